The average molecular weight is 339 g/mol. The molecular weight excluding hydrogens is 318 g/mol. The van der Waals surface area contributed by atoms with Gasteiger partial charge in [0.25, 0.3) is 5.69 Å². The summed E-state index contributed by atoms with van der Waals surface area (Å²) in [5, 5.41) is 14.8. The van der Waals surface area contributed by atoms with Crippen LogP contribution in [0.3, 0.4) is 0 Å². The fourth-order valence-electron chi connectivity index (χ4n) is 2.88. The molecule has 0 aliphatic heterocycles. The van der Waals surface area contributed by atoms with Crippen LogP contribution in [0.2, 0.25) is 0 Å². The van der Waals surface area contributed by atoms with Gasteiger partial charge in [0, 0.05) is 17.7 Å². The minimum atomic E-state index is -0.368. The summed E-state index contributed by atoms with van der Waals surface area (Å²) in [6.45, 7) is 4.18. The Morgan fingerprint density at radius 1 is 1.24 bits per heavy atom. The summed E-state index contributed by atoms with van der Waals surface area (Å²) in [6.07, 6.45) is 2.92. The Morgan fingerprint density at radius 3 is 2.72 bits per heavy atom. The molecule has 25 heavy (non-hydrogen) atoms. The fraction of sp³-hybridized carbons (Fsp3) is 0.316. The number of rotatable bonds is 7. The normalized spacial score (nSPS) is 12.2. The van der Waals surface area contributed by atoms with Gasteiger partial charge in [0.1, 0.15) is 11.2 Å². The first-order valence-corrected chi connectivity index (χ1v) is 8.53. The highest BCUT2D eigenvalue weighted by Crippen LogP contribution is 2.32. The molecule has 130 valence electrons. The smallest absolute Gasteiger partial charge is 0.293 e. The molecule has 0 aliphatic rings. The molecule has 2 aromatic carbocycles. The second kappa shape index (κ2) is 7.34. The summed E-state index contributed by atoms with van der Waals surface area (Å²) in [5.74, 6) is 0.386. The largest absolute Gasteiger partial charge is 0.436 e. The van der Waals surface area contributed by atoms with E-state index in [2.05, 4.69) is 24.1 Å². The van der Waals surface area contributed by atoms with Crippen LogP contribution in [-0.4, -0.2) is 15.9 Å². The highest BCUT2D eigenvalue weighted by atomic mass is 16.6. The van der Waals surface area contributed by atoms with Crippen LogP contribution in [0.1, 0.15) is 33.1 Å². The minimum Gasteiger partial charge on any atom is -0.436 e. The van der Waals surface area contributed by atoms with Crippen LogP contribution in [0.15, 0.2) is 46.9 Å². The number of anilines is 1. The molecule has 1 atom stereocenters. The van der Waals surface area contributed by atoms with Crippen molar-refractivity contribution < 1.29 is 9.34 Å². The molecule has 3 aromatic rings. The number of benzene rings is 2. The lowest BCUT2D eigenvalue weighted by molar-refractivity contribution is -0.383. The monoisotopic (exact) mass is 339 g/mol. The molecule has 1 heterocycles. The minimum absolute atomic E-state index is 0.0364. The molecule has 0 amide bonds. The van der Waals surface area contributed by atoms with Crippen molar-refractivity contribution in [2.45, 2.75) is 39.2 Å². The average Bonchev–Trinajstić information content (AvgIpc) is 3.05. The number of nitro benzene ring substituents is 1. The van der Waals surface area contributed by atoms with E-state index in [9.17, 15) is 10.1 Å². The van der Waals surface area contributed by atoms with Gasteiger partial charge < -0.3 is 9.73 Å². The van der Waals surface area contributed by atoms with Gasteiger partial charge in [-0.2, -0.15) is 0 Å². The first-order valence-electron chi connectivity index (χ1n) is 8.53. The van der Waals surface area contributed by atoms with Gasteiger partial charge in [-0.3, -0.25) is 10.1 Å². The molecule has 1 aromatic heterocycles. The van der Waals surface area contributed by atoms with E-state index in [4.69, 9.17) is 4.42 Å². The van der Waals surface area contributed by atoms with Gasteiger partial charge in [0.05, 0.1) is 4.92 Å². The van der Waals surface area contributed by atoms with Gasteiger partial charge in [0.2, 0.25) is 5.89 Å². The third-order valence-electron chi connectivity index (χ3n) is 4.22. The Balaban J connectivity index is 1.97. The second-order valence-corrected chi connectivity index (χ2v) is 6.01. The zero-order valence-corrected chi connectivity index (χ0v) is 14.4. The van der Waals surface area contributed by atoms with Gasteiger partial charge in [-0.25, -0.2) is 4.98 Å². The van der Waals surface area contributed by atoms with Crippen molar-refractivity contribution in [1.82, 2.24) is 4.98 Å². The lowest BCUT2D eigenvalue weighted by Gasteiger charge is -2.17. The molecule has 1 unspecified atom stereocenters. The summed E-state index contributed by atoms with van der Waals surface area (Å²) in [4.78, 5) is 15.6. The van der Waals surface area contributed by atoms with Crippen LogP contribution in [-0.2, 0) is 0 Å². The highest BCUT2D eigenvalue weighted by molar-refractivity contribution is 5.77. The molecule has 0 bridgehead atoms. The summed E-state index contributed by atoms with van der Waals surface area (Å²) < 4.78 is 5.72. The topological polar surface area (TPSA) is 81.2 Å². The highest BCUT2D eigenvalue weighted by Gasteiger charge is 2.19. The van der Waals surface area contributed by atoms with Crippen molar-refractivity contribution in [3.63, 3.8) is 0 Å². The Hall–Kier alpha value is -2.89. The van der Waals surface area contributed by atoms with E-state index >= 15 is 0 Å². The van der Waals surface area contributed by atoms with Crippen molar-refractivity contribution in [3.8, 4) is 11.5 Å². The number of para-hydroxylation sites is 2. The van der Waals surface area contributed by atoms with Crippen molar-refractivity contribution >= 4 is 22.5 Å². The van der Waals surface area contributed by atoms with E-state index in [1.807, 2.05) is 24.3 Å². The van der Waals surface area contributed by atoms with Gasteiger partial charge in [0.15, 0.2) is 5.58 Å². The number of nitrogens with zero attached hydrogens (tertiary/aromatic N) is 2. The molecular formula is C19H21N3O3. The van der Waals surface area contributed by atoms with E-state index in [-0.39, 0.29) is 16.7 Å². The lowest BCUT2D eigenvalue weighted by Crippen LogP contribution is -2.18. The number of fused-ring (bicyclic) bond motifs is 1. The maximum absolute atomic E-state index is 11.5. The molecule has 0 aliphatic carbocycles. The molecule has 0 spiro atoms. The Kier molecular flexibility index (Phi) is 4.97. The fourth-order valence-corrected chi connectivity index (χ4v) is 2.88. The molecule has 0 radical (unpaired) electrons. The lowest BCUT2D eigenvalue weighted by atomic mass is 10.1. The Morgan fingerprint density at radius 2 is 2.04 bits per heavy atom. The zero-order valence-electron chi connectivity index (χ0n) is 14.4. The van der Waals surface area contributed by atoms with Gasteiger partial charge in [-0.1, -0.05) is 32.4 Å². The summed E-state index contributed by atoms with van der Waals surface area (Å²) in [6, 6.07) is 12.7. The second-order valence-electron chi connectivity index (χ2n) is 6.01. The number of nitrogens with one attached hydrogen (secondary N) is 1. The summed E-state index contributed by atoms with van der Waals surface area (Å²) in [7, 11) is 0. The number of nitro groups is 1. The molecule has 0 saturated carbocycles. The van der Waals surface area contributed by atoms with E-state index in [1.165, 1.54) is 6.07 Å². The zero-order chi connectivity index (χ0) is 17.8. The van der Waals surface area contributed by atoms with Crippen LogP contribution in [0.4, 0.5) is 11.4 Å². The van der Waals surface area contributed by atoms with Crippen LogP contribution in [0, 0.1) is 10.1 Å². The first-order chi connectivity index (χ1) is 12.1. The van der Waals surface area contributed by atoms with Gasteiger partial charge in [-0.05, 0) is 37.1 Å². The molecule has 3 rings (SSSR count). The molecule has 6 nitrogen and oxygen atoms in total. The molecule has 6 heteroatoms. The summed E-state index contributed by atoms with van der Waals surface area (Å²) >= 11 is 0. The third-order valence-corrected chi connectivity index (χ3v) is 4.22. The van der Waals surface area contributed by atoms with E-state index in [0.29, 0.717) is 22.7 Å². The van der Waals surface area contributed by atoms with Gasteiger partial charge >= 0.3 is 0 Å². The van der Waals surface area contributed by atoms with Crippen LogP contribution in [0.5, 0.6) is 0 Å². The SMILES string of the molecule is CCCC(CC)Nc1ccc(-c2nc3ccccc3o2)cc1[N+](=O)[O-]. The van der Waals surface area contributed by atoms with Crippen LogP contribution >= 0.6 is 0 Å². The Labute approximate surface area is 146 Å². The van der Waals surface area contributed by atoms with E-state index in [1.54, 1.807) is 12.1 Å². The van der Waals surface area contributed by atoms with E-state index in [0.717, 1.165) is 24.8 Å². The van der Waals surface area contributed by atoms with Gasteiger partial charge in [-0.15, -0.1) is 0 Å². The molecule has 0 saturated heterocycles. The van der Waals surface area contributed by atoms with Crippen LogP contribution in [0.25, 0.3) is 22.6 Å². The first kappa shape index (κ1) is 17.0. The maximum atomic E-state index is 11.5. The number of hydrogen-bond acceptors (Lipinski definition) is 5. The Bertz CT molecular complexity index is 856. The van der Waals surface area contributed by atoms with Crippen molar-refractivity contribution in [2.24, 2.45) is 0 Å². The molecule has 1 N–H and O–H groups in total. The molecule has 0 fully saturated rings. The number of aromatic nitrogens is 1. The standard InChI is InChI=1S/C19H21N3O3/c1-3-7-14(4-2)20-15-11-10-13(12-17(15)22(23)24)19-21-16-8-5-6-9-18(16)25-19/h5-6,8-12,14,20H,3-4,7H2,1-2H3. The third kappa shape index (κ3) is 3.63. The van der Waals surface area contributed by atoms with Crippen molar-refractivity contribution in [2.75, 3.05) is 5.32 Å². The van der Waals surface area contributed by atoms with Crippen LogP contribution < -0.4 is 5.32 Å². The maximum Gasteiger partial charge on any atom is 0.293 e. The quantitative estimate of drug-likeness (QED) is 0.461. The number of hydrogen-bond donors (Lipinski definition) is 1. The van der Waals surface area contributed by atoms with E-state index < -0.39 is 0 Å². The van der Waals surface area contributed by atoms with Crippen molar-refractivity contribution in [3.05, 3.63) is 52.6 Å². The predicted molar refractivity (Wildman–Crippen MR) is 98.7 cm³/mol. The predicted octanol–water partition coefficient (Wildman–Crippen LogP) is 5.39. The van der Waals surface area contributed by atoms with Crippen molar-refractivity contribution in [1.29, 1.82) is 0 Å². The number of oxazole rings is 1. The summed E-state index contributed by atoms with van der Waals surface area (Å²) in [5.41, 5.74) is 2.56.